The van der Waals surface area contributed by atoms with Crippen LogP contribution in [0.1, 0.15) is 18.4 Å². The average molecular weight is 281 g/mol. The van der Waals surface area contributed by atoms with Crippen LogP contribution in [0, 0.1) is 0 Å². The van der Waals surface area contributed by atoms with Crippen LogP contribution in [0.5, 0.6) is 11.5 Å². The van der Waals surface area contributed by atoms with E-state index in [0.717, 1.165) is 35.5 Å². The van der Waals surface area contributed by atoms with E-state index in [1.54, 1.807) is 6.20 Å². The van der Waals surface area contributed by atoms with Gasteiger partial charge in [-0.3, -0.25) is 4.31 Å². The van der Waals surface area contributed by atoms with Gasteiger partial charge in [-0.2, -0.15) is 0 Å². The van der Waals surface area contributed by atoms with Crippen molar-refractivity contribution < 1.29 is 17.9 Å². The largest absolute Gasteiger partial charge is 0.454 e. The Morgan fingerprint density at radius 3 is 2.79 bits per heavy atom. The summed E-state index contributed by atoms with van der Waals surface area (Å²) in [6.45, 7) is 0.792. The minimum atomic E-state index is -3.18. The Morgan fingerprint density at radius 2 is 2.00 bits per heavy atom. The van der Waals surface area contributed by atoms with Crippen molar-refractivity contribution >= 4 is 15.6 Å². The molecule has 19 heavy (non-hydrogen) atoms. The first kappa shape index (κ1) is 12.3. The number of rotatable bonds is 2. The summed E-state index contributed by atoms with van der Waals surface area (Å²) in [6.07, 6.45) is 4.64. The van der Waals surface area contributed by atoms with Crippen LogP contribution in [-0.2, 0) is 10.0 Å². The van der Waals surface area contributed by atoms with Crippen molar-refractivity contribution in [2.45, 2.75) is 12.8 Å². The first-order valence-corrected chi connectivity index (χ1v) is 7.96. The first-order chi connectivity index (χ1) is 9.04. The molecular formula is C13H15NO4S. The highest BCUT2D eigenvalue weighted by molar-refractivity contribution is 7.88. The zero-order valence-corrected chi connectivity index (χ0v) is 11.4. The van der Waals surface area contributed by atoms with Crippen LogP contribution in [0.2, 0.25) is 0 Å². The van der Waals surface area contributed by atoms with E-state index in [9.17, 15) is 8.42 Å². The highest BCUT2D eigenvalue weighted by atomic mass is 32.2. The molecule has 1 aromatic rings. The molecule has 0 aliphatic carbocycles. The molecule has 0 amide bonds. The van der Waals surface area contributed by atoms with E-state index in [0.29, 0.717) is 6.54 Å². The third-order valence-corrected chi connectivity index (χ3v) is 4.43. The van der Waals surface area contributed by atoms with Gasteiger partial charge >= 0.3 is 0 Å². The van der Waals surface area contributed by atoms with Crippen molar-refractivity contribution in [1.82, 2.24) is 4.31 Å². The van der Waals surface area contributed by atoms with E-state index >= 15 is 0 Å². The van der Waals surface area contributed by atoms with Crippen LogP contribution >= 0.6 is 0 Å². The van der Waals surface area contributed by atoms with Crippen LogP contribution in [0.25, 0.3) is 5.57 Å². The number of hydrogen-bond donors (Lipinski definition) is 0. The molecule has 0 saturated carbocycles. The summed E-state index contributed by atoms with van der Waals surface area (Å²) in [5, 5.41) is 0. The maximum absolute atomic E-state index is 11.6. The molecular weight excluding hydrogens is 266 g/mol. The third-order valence-electron chi connectivity index (χ3n) is 3.29. The van der Waals surface area contributed by atoms with E-state index in [1.807, 2.05) is 18.2 Å². The molecule has 5 nitrogen and oxygen atoms in total. The second-order valence-corrected chi connectivity index (χ2v) is 6.63. The van der Waals surface area contributed by atoms with E-state index in [-0.39, 0.29) is 6.79 Å². The molecule has 2 aliphatic rings. The van der Waals surface area contributed by atoms with Gasteiger partial charge in [0.1, 0.15) is 0 Å². The molecule has 0 radical (unpaired) electrons. The lowest BCUT2D eigenvalue weighted by Crippen LogP contribution is -2.28. The molecule has 102 valence electrons. The van der Waals surface area contributed by atoms with Gasteiger partial charge in [-0.15, -0.1) is 0 Å². The number of benzene rings is 1. The van der Waals surface area contributed by atoms with Crippen molar-refractivity contribution in [2.75, 3.05) is 19.6 Å². The molecule has 0 saturated heterocycles. The number of ether oxygens (including phenoxy) is 2. The van der Waals surface area contributed by atoms with Gasteiger partial charge in [0, 0.05) is 12.7 Å². The molecule has 0 unspecified atom stereocenters. The minimum absolute atomic E-state index is 0.243. The zero-order valence-electron chi connectivity index (χ0n) is 10.6. The van der Waals surface area contributed by atoms with Crippen LogP contribution in [0.3, 0.4) is 0 Å². The molecule has 2 heterocycles. The standard InChI is InChI=1S/C13H15NO4S/c1-19(15,16)14-6-2-3-11(8-14)10-4-5-12-13(7-10)18-9-17-12/h4-5,7-8H,2-3,6,9H2,1H3. The Labute approximate surface area is 112 Å². The molecule has 6 heteroatoms. The molecule has 0 fully saturated rings. The average Bonchev–Trinajstić information content (AvgIpc) is 2.85. The topological polar surface area (TPSA) is 55.8 Å². The highest BCUT2D eigenvalue weighted by Crippen LogP contribution is 2.36. The molecule has 1 aromatic carbocycles. The van der Waals surface area contributed by atoms with E-state index in [4.69, 9.17) is 9.47 Å². The Kier molecular flexibility index (Phi) is 2.89. The predicted octanol–water partition coefficient (Wildman–Crippen LogP) is 1.81. The van der Waals surface area contributed by atoms with Crippen molar-refractivity contribution in [1.29, 1.82) is 0 Å². The van der Waals surface area contributed by atoms with Gasteiger partial charge in [-0.05, 0) is 36.1 Å². The van der Waals surface area contributed by atoms with E-state index in [2.05, 4.69) is 0 Å². The van der Waals surface area contributed by atoms with Crippen LogP contribution in [0.4, 0.5) is 0 Å². The molecule has 0 N–H and O–H groups in total. The van der Waals surface area contributed by atoms with Crippen molar-refractivity contribution in [3.63, 3.8) is 0 Å². The fourth-order valence-corrected chi connectivity index (χ4v) is 3.08. The number of allylic oxidation sites excluding steroid dienone is 1. The number of fused-ring (bicyclic) bond motifs is 1. The molecule has 0 spiro atoms. The van der Waals surface area contributed by atoms with E-state index < -0.39 is 10.0 Å². The van der Waals surface area contributed by atoms with Crippen molar-refractivity contribution in [3.05, 3.63) is 30.0 Å². The summed E-state index contributed by atoms with van der Waals surface area (Å²) in [5.74, 6) is 1.45. The molecule has 2 aliphatic heterocycles. The van der Waals surface area contributed by atoms with Gasteiger partial charge in [0.15, 0.2) is 11.5 Å². The predicted molar refractivity (Wildman–Crippen MR) is 71.3 cm³/mol. The Hall–Kier alpha value is -1.69. The lowest BCUT2D eigenvalue weighted by molar-refractivity contribution is 0.174. The fourth-order valence-electron chi connectivity index (χ4n) is 2.30. The smallest absolute Gasteiger partial charge is 0.231 e. The Balaban J connectivity index is 1.95. The number of sulfonamides is 1. The maximum atomic E-state index is 11.6. The Morgan fingerprint density at radius 1 is 1.21 bits per heavy atom. The number of nitrogens with zero attached hydrogens (tertiary/aromatic N) is 1. The summed E-state index contributed by atoms with van der Waals surface area (Å²) >= 11 is 0. The second kappa shape index (κ2) is 4.45. The summed E-state index contributed by atoms with van der Waals surface area (Å²) in [6, 6.07) is 5.70. The third kappa shape index (κ3) is 2.40. The zero-order chi connectivity index (χ0) is 13.5. The summed E-state index contributed by atoms with van der Waals surface area (Å²) in [5.41, 5.74) is 1.99. The molecule has 0 atom stereocenters. The second-order valence-electron chi connectivity index (χ2n) is 4.70. The molecule has 0 bridgehead atoms. The van der Waals surface area contributed by atoms with Crippen LogP contribution < -0.4 is 9.47 Å². The monoisotopic (exact) mass is 281 g/mol. The van der Waals surface area contributed by atoms with Crippen LogP contribution in [0.15, 0.2) is 24.4 Å². The van der Waals surface area contributed by atoms with Gasteiger partial charge in [0.2, 0.25) is 16.8 Å². The van der Waals surface area contributed by atoms with Gasteiger partial charge in [-0.1, -0.05) is 6.07 Å². The van der Waals surface area contributed by atoms with Gasteiger partial charge in [-0.25, -0.2) is 8.42 Å². The van der Waals surface area contributed by atoms with Gasteiger partial charge in [0.25, 0.3) is 0 Å². The summed E-state index contributed by atoms with van der Waals surface area (Å²) in [4.78, 5) is 0. The minimum Gasteiger partial charge on any atom is -0.454 e. The van der Waals surface area contributed by atoms with E-state index in [1.165, 1.54) is 10.6 Å². The molecule has 3 rings (SSSR count). The highest BCUT2D eigenvalue weighted by Gasteiger charge is 2.20. The summed E-state index contributed by atoms with van der Waals surface area (Å²) in [7, 11) is -3.18. The lowest BCUT2D eigenvalue weighted by atomic mass is 10.00. The normalized spacial score (nSPS) is 18.4. The van der Waals surface area contributed by atoms with Gasteiger partial charge < -0.3 is 9.47 Å². The molecule has 0 aromatic heterocycles. The lowest BCUT2D eigenvalue weighted by Gasteiger charge is -2.24. The Bertz CT molecular complexity index is 636. The summed E-state index contributed by atoms with van der Waals surface area (Å²) < 4.78 is 35.2. The van der Waals surface area contributed by atoms with Crippen molar-refractivity contribution in [3.8, 4) is 11.5 Å². The quantitative estimate of drug-likeness (QED) is 0.829. The first-order valence-electron chi connectivity index (χ1n) is 6.11. The SMILES string of the molecule is CS(=O)(=O)N1C=C(c2ccc3c(c2)OCO3)CCC1. The maximum Gasteiger partial charge on any atom is 0.231 e. The van der Waals surface area contributed by atoms with Crippen molar-refractivity contribution in [2.24, 2.45) is 0 Å². The van der Waals surface area contributed by atoms with Crippen LogP contribution in [-0.4, -0.2) is 32.3 Å². The number of hydrogen-bond acceptors (Lipinski definition) is 4. The van der Waals surface area contributed by atoms with Gasteiger partial charge in [0.05, 0.1) is 6.26 Å². The fraction of sp³-hybridized carbons (Fsp3) is 0.385.